The van der Waals surface area contributed by atoms with Crippen LogP contribution in [0.1, 0.15) is 22.4 Å². The van der Waals surface area contributed by atoms with Gasteiger partial charge in [0.15, 0.2) is 11.5 Å². The van der Waals surface area contributed by atoms with Gasteiger partial charge in [-0.3, -0.25) is 14.1 Å². The first kappa shape index (κ1) is 18.9. The minimum atomic E-state index is -0.0607. The molecule has 0 spiro atoms. The highest BCUT2D eigenvalue weighted by molar-refractivity contribution is 5.47. The molecule has 1 aromatic carbocycles. The number of ether oxygens (including phenoxy) is 2. The molecule has 0 aliphatic heterocycles. The molecule has 2 heterocycles. The first-order valence-electron chi connectivity index (χ1n) is 8.80. The molecule has 2 aromatic heterocycles. The van der Waals surface area contributed by atoms with Crippen molar-refractivity contribution >= 4 is 5.65 Å². The third-order valence-electron chi connectivity index (χ3n) is 4.57. The highest BCUT2D eigenvalue weighted by Crippen LogP contribution is 2.30. The van der Waals surface area contributed by atoms with Gasteiger partial charge in [-0.1, -0.05) is 6.07 Å². The summed E-state index contributed by atoms with van der Waals surface area (Å²) in [6, 6.07) is 9.41. The Hall–Kier alpha value is -2.86. The first-order chi connectivity index (χ1) is 12.9. The van der Waals surface area contributed by atoms with Crippen LogP contribution in [0.4, 0.5) is 0 Å². The second-order valence-corrected chi connectivity index (χ2v) is 6.83. The van der Waals surface area contributed by atoms with Crippen molar-refractivity contribution < 1.29 is 9.47 Å². The molecule has 0 saturated heterocycles. The fraction of sp³-hybridized carbons (Fsp3) is 0.333. The summed E-state index contributed by atoms with van der Waals surface area (Å²) in [5.41, 5.74) is 4.66. The van der Waals surface area contributed by atoms with Gasteiger partial charge < -0.3 is 9.47 Å². The van der Waals surface area contributed by atoms with Crippen molar-refractivity contribution in [2.75, 3.05) is 21.3 Å². The lowest BCUT2D eigenvalue weighted by Gasteiger charge is -2.19. The van der Waals surface area contributed by atoms with Gasteiger partial charge in [-0.25, -0.2) is 4.98 Å². The third-order valence-corrected chi connectivity index (χ3v) is 4.57. The van der Waals surface area contributed by atoms with Crippen LogP contribution in [-0.2, 0) is 13.1 Å². The van der Waals surface area contributed by atoms with Gasteiger partial charge in [-0.15, -0.1) is 0 Å². The van der Waals surface area contributed by atoms with Gasteiger partial charge in [0, 0.05) is 25.4 Å². The molecular formula is C21H25N3O3. The van der Waals surface area contributed by atoms with Gasteiger partial charge in [0.2, 0.25) is 0 Å². The van der Waals surface area contributed by atoms with E-state index in [2.05, 4.69) is 9.88 Å². The summed E-state index contributed by atoms with van der Waals surface area (Å²) in [7, 11) is 5.28. The number of nitrogens with zero attached hydrogens (tertiary/aromatic N) is 3. The molecule has 3 aromatic rings. The van der Waals surface area contributed by atoms with E-state index < -0.39 is 0 Å². The Kier molecular flexibility index (Phi) is 5.46. The summed E-state index contributed by atoms with van der Waals surface area (Å²) >= 11 is 0. The van der Waals surface area contributed by atoms with Crippen LogP contribution in [0.15, 0.2) is 41.3 Å². The molecule has 0 atom stereocenters. The van der Waals surface area contributed by atoms with E-state index in [1.54, 1.807) is 24.7 Å². The number of fused-ring (bicyclic) bond motifs is 1. The predicted molar refractivity (Wildman–Crippen MR) is 106 cm³/mol. The molecule has 0 saturated carbocycles. The molecule has 0 unspecified atom stereocenters. The van der Waals surface area contributed by atoms with E-state index in [-0.39, 0.29) is 5.56 Å². The molecule has 3 rings (SSSR count). The lowest BCUT2D eigenvalue weighted by atomic mass is 10.1. The molecule has 0 N–H and O–H groups in total. The van der Waals surface area contributed by atoms with Crippen molar-refractivity contribution in [3.8, 4) is 11.5 Å². The van der Waals surface area contributed by atoms with Gasteiger partial charge in [0.05, 0.1) is 19.9 Å². The van der Waals surface area contributed by atoms with Crippen molar-refractivity contribution in [2.24, 2.45) is 0 Å². The average molecular weight is 367 g/mol. The lowest BCUT2D eigenvalue weighted by molar-refractivity contribution is 0.312. The molecule has 0 radical (unpaired) electrons. The van der Waals surface area contributed by atoms with E-state index in [1.165, 1.54) is 0 Å². The Labute approximate surface area is 159 Å². The van der Waals surface area contributed by atoms with Gasteiger partial charge in [0.25, 0.3) is 5.56 Å². The van der Waals surface area contributed by atoms with Gasteiger partial charge in [-0.05, 0) is 55.8 Å². The molecule has 27 heavy (non-hydrogen) atoms. The summed E-state index contributed by atoms with van der Waals surface area (Å²) < 4.78 is 12.3. The fourth-order valence-corrected chi connectivity index (χ4v) is 3.16. The number of hydrogen-bond acceptors (Lipinski definition) is 5. The summed E-state index contributed by atoms with van der Waals surface area (Å²) in [5, 5.41) is 0. The van der Waals surface area contributed by atoms with E-state index in [0.717, 1.165) is 28.1 Å². The Morgan fingerprint density at radius 3 is 2.44 bits per heavy atom. The zero-order valence-electron chi connectivity index (χ0n) is 16.4. The van der Waals surface area contributed by atoms with Crippen LogP contribution < -0.4 is 15.0 Å². The second kappa shape index (κ2) is 7.80. The average Bonchev–Trinajstić information content (AvgIpc) is 2.63. The number of aromatic nitrogens is 2. The molecule has 6 nitrogen and oxygen atoms in total. The Balaban J connectivity index is 1.82. The molecule has 6 heteroatoms. The van der Waals surface area contributed by atoms with Crippen molar-refractivity contribution in [2.45, 2.75) is 26.9 Å². The first-order valence-corrected chi connectivity index (χ1v) is 8.80. The van der Waals surface area contributed by atoms with E-state index >= 15 is 0 Å². The monoisotopic (exact) mass is 367 g/mol. The maximum absolute atomic E-state index is 12.4. The van der Waals surface area contributed by atoms with Crippen molar-refractivity contribution in [1.82, 2.24) is 14.3 Å². The summed E-state index contributed by atoms with van der Waals surface area (Å²) in [4.78, 5) is 19.1. The quantitative estimate of drug-likeness (QED) is 0.670. The van der Waals surface area contributed by atoms with Crippen molar-refractivity contribution in [3.63, 3.8) is 0 Å². The Morgan fingerprint density at radius 1 is 1.04 bits per heavy atom. The standard InChI is InChI=1S/C21H25N3O3/c1-14-6-7-20-22-17(10-21(25)24(20)11-14)13-23(3)12-16-9-19(27-5)18(26-4)8-15(16)2/h6-11H,12-13H2,1-5H3. The number of aryl methyl sites for hydroxylation is 2. The topological polar surface area (TPSA) is 56.1 Å². The molecule has 0 bridgehead atoms. The van der Waals surface area contributed by atoms with Crippen molar-refractivity contribution in [1.29, 1.82) is 0 Å². The molecule has 0 amide bonds. The fourth-order valence-electron chi connectivity index (χ4n) is 3.16. The predicted octanol–water partition coefficient (Wildman–Crippen LogP) is 2.96. The van der Waals surface area contributed by atoms with Crippen molar-refractivity contribution in [3.05, 3.63) is 69.3 Å². The van der Waals surface area contributed by atoms with Gasteiger partial charge in [-0.2, -0.15) is 0 Å². The number of hydrogen-bond donors (Lipinski definition) is 0. The minimum Gasteiger partial charge on any atom is -0.493 e. The summed E-state index contributed by atoms with van der Waals surface area (Å²) in [5.74, 6) is 1.44. The Morgan fingerprint density at radius 2 is 1.74 bits per heavy atom. The molecule has 0 aliphatic carbocycles. The van der Waals surface area contributed by atoms with Crippen LogP contribution in [0.25, 0.3) is 5.65 Å². The zero-order valence-corrected chi connectivity index (χ0v) is 16.4. The largest absolute Gasteiger partial charge is 0.493 e. The van der Waals surface area contributed by atoms with Crippen LogP contribution in [0.2, 0.25) is 0 Å². The molecule has 142 valence electrons. The van der Waals surface area contributed by atoms with E-state index in [0.29, 0.717) is 24.5 Å². The highest BCUT2D eigenvalue weighted by Gasteiger charge is 2.12. The number of methoxy groups -OCH3 is 2. The van der Waals surface area contributed by atoms with Crippen LogP contribution in [0.5, 0.6) is 11.5 Å². The highest BCUT2D eigenvalue weighted by atomic mass is 16.5. The van der Waals surface area contributed by atoms with E-state index in [9.17, 15) is 4.79 Å². The van der Waals surface area contributed by atoms with Crippen LogP contribution in [-0.4, -0.2) is 35.6 Å². The molecular weight excluding hydrogens is 342 g/mol. The number of benzene rings is 1. The van der Waals surface area contributed by atoms with Crippen LogP contribution in [0.3, 0.4) is 0 Å². The Bertz CT molecular complexity index is 1030. The van der Waals surface area contributed by atoms with Gasteiger partial charge >= 0.3 is 0 Å². The van der Waals surface area contributed by atoms with Crippen LogP contribution in [0, 0.1) is 13.8 Å². The summed E-state index contributed by atoms with van der Waals surface area (Å²) in [6.45, 7) is 5.29. The lowest BCUT2D eigenvalue weighted by Crippen LogP contribution is -2.22. The SMILES string of the molecule is COc1cc(C)c(CN(C)Cc2cc(=O)n3cc(C)ccc3n2)cc1OC. The van der Waals surface area contributed by atoms with Crippen LogP contribution >= 0.6 is 0 Å². The minimum absolute atomic E-state index is 0.0607. The number of rotatable bonds is 6. The second-order valence-electron chi connectivity index (χ2n) is 6.83. The maximum atomic E-state index is 12.4. The van der Waals surface area contributed by atoms with E-state index in [1.807, 2.05) is 51.4 Å². The summed E-state index contributed by atoms with van der Waals surface area (Å²) in [6.07, 6.45) is 1.81. The smallest absolute Gasteiger partial charge is 0.258 e. The molecule has 0 aliphatic rings. The normalized spacial score (nSPS) is 11.2. The van der Waals surface area contributed by atoms with Gasteiger partial charge in [0.1, 0.15) is 5.65 Å². The zero-order chi connectivity index (χ0) is 19.6. The molecule has 0 fully saturated rings. The maximum Gasteiger partial charge on any atom is 0.258 e. The third kappa shape index (κ3) is 4.11. The van der Waals surface area contributed by atoms with E-state index in [4.69, 9.17) is 9.47 Å². The number of pyridine rings is 1.